The number of hydrogen-bond acceptors (Lipinski definition) is 4. The Bertz CT molecular complexity index is 1070. The van der Waals surface area contributed by atoms with Gasteiger partial charge >= 0.3 is 5.69 Å². The van der Waals surface area contributed by atoms with Gasteiger partial charge in [-0.15, -0.1) is 0 Å². The maximum atomic E-state index is 12.6. The maximum Gasteiger partial charge on any atom is 0.330 e. The van der Waals surface area contributed by atoms with E-state index in [0.717, 1.165) is 10.1 Å². The van der Waals surface area contributed by atoms with Crippen LogP contribution in [0.3, 0.4) is 0 Å². The Labute approximate surface area is 128 Å². The molecule has 0 saturated heterocycles. The molecule has 0 spiro atoms. The fraction of sp³-hybridized carbons (Fsp3) is 0.0667. The lowest BCUT2D eigenvalue weighted by Gasteiger charge is -2.04. The fourth-order valence-electron chi connectivity index (χ4n) is 2.44. The van der Waals surface area contributed by atoms with Crippen molar-refractivity contribution in [3.8, 4) is 11.4 Å². The van der Waals surface area contributed by atoms with Crippen molar-refractivity contribution in [3.05, 3.63) is 69.1 Å². The first-order chi connectivity index (χ1) is 11.2. The minimum atomic E-state index is -0.489. The summed E-state index contributed by atoms with van der Waals surface area (Å²) in [7, 11) is 0. The number of fused-ring (bicyclic) bond motifs is 1. The van der Waals surface area contributed by atoms with Gasteiger partial charge in [0.25, 0.3) is 5.56 Å². The van der Waals surface area contributed by atoms with E-state index in [1.54, 1.807) is 12.4 Å². The molecular formula is C15H12N6O2. The quantitative estimate of drug-likeness (QED) is 0.521. The van der Waals surface area contributed by atoms with Crippen molar-refractivity contribution in [2.75, 3.05) is 0 Å². The van der Waals surface area contributed by atoms with Crippen LogP contribution in [0.2, 0.25) is 0 Å². The largest absolute Gasteiger partial charge is 0.332 e. The number of rotatable bonds is 3. The zero-order valence-corrected chi connectivity index (χ0v) is 11.9. The minimum Gasteiger partial charge on any atom is -0.332 e. The van der Waals surface area contributed by atoms with Crippen molar-refractivity contribution in [1.29, 1.82) is 0 Å². The maximum absolute atomic E-state index is 12.6. The van der Waals surface area contributed by atoms with Gasteiger partial charge in [0.05, 0.1) is 18.3 Å². The van der Waals surface area contributed by atoms with Gasteiger partial charge < -0.3 is 4.98 Å². The molecule has 0 unspecified atom stereocenters. The highest BCUT2D eigenvalue weighted by atomic mass is 16.2. The summed E-state index contributed by atoms with van der Waals surface area (Å²) in [5.41, 5.74) is 1.17. The molecule has 1 aromatic carbocycles. The monoisotopic (exact) mass is 308 g/mol. The van der Waals surface area contributed by atoms with Crippen molar-refractivity contribution in [2.24, 2.45) is 0 Å². The molecule has 0 amide bonds. The van der Waals surface area contributed by atoms with Gasteiger partial charge in [0, 0.05) is 6.20 Å². The van der Waals surface area contributed by atoms with Crippen LogP contribution in [0.4, 0.5) is 0 Å². The van der Waals surface area contributed by atoms with E-state index < -0.39 is 11.2 Å². The van der Waals surface area contributed by atoms with Crippen LogP contribution in [0.1, 0.15) is 5.56 Å². The van der Waals surface area contributed by atoms with Crippen LogP contribution in [0.5, 0.6) is 0 Å². The number of nitrogens with zero attached hydrogens (tertiary/aromatic N) is 3. The molecule has 114 valence electrons. The number of aromatic amines is 3. The van der Waals surface area contributed by atoms with E-state index in [1.807, 2.05) is 30.3 Å². The summed E-state index contributed by atoms with van der Waals surface area (Å²) >= 11 is 0. The molecule has 0 aliphatic carbocycles. The van der Waals surface area contributed by atoms with Gasteiger partial charge in [-0.3, -0.25) is 19.4 Å². The molecule has 4 rings (SSSR count). The normalized spacial score (nSPS) is 11.1. The molecular weight excluding hydrogens is 296 g/mol. The highest BCUT2D eigenvalue weighted by Crippen LogP contribution is 2.15. The predicted molar refractivity (Wildman–Crippen MR) is 84.1 cm³/mol. The van der Waals surface area contributed by atoms with Crippen molar-refractivity contribution in [1.82, 2.24) is 29.7 Å². The lowest BCUT2D eigenvalue weighted by molar-refractivity contribution is 0.709. The van der Waals surface area contributed by atoms with Gasteiger partial charge in [0.15, 0.2) is 5.65 Å². The predicted octanol–water partition coefficient (Wildman–Crippen LogP) is 0.851. The highest BCUT2D eigenvalue weighted by molar-refractivity contribution is 5.74. The Kier molecular flexibility index (Phi) is 2.94. The molecule has 8 nitrogen and oxygen atoms in total. The second kappa shape index (κ2) is 5.09. The molecule has 4 aromatic rings. The number of hydrogen-bond donors (Lipinski definition) is 3. The summed E-state index contributed by atoms with van der Waals surface area (Å²) in [6.45, 7) is 0.199. The Morgan fingerprint density at radius 3 is 2.65 bits per heavy atom. The van der Waals surface area contributed by atoms with Crippen LogP contribution in [0.25, 0.3) is 22.6 Å². The highest BCUT2D eigenvalue weighted by Gasteiger charge is 2.13. The number of aromatic nitrogens is 6. The average molecular weight is 308 g/mol. The fourth-order valence-corrected chi connectivity index (χ4v) is 2.44. The topological polar surface area (TPSA) is 112 Å². The second-order valence-electron chi connectivity index (χ2n) is 5.10. The molecule has 0 fully saturated rings. The molecule has 0 saturated carbocycles. The molecule has 3 heterocycles. The summed E-state index contributed by atoms with van der Waals surface area (Å²) in [6.07, 6.45) is 3.23. The lowest BCUT2D eigenvalue weighted by Crippen LogP contribution is -2.35. The van der Waals surface area contributed by atoms with E-state index in [1.165, 1.54) is 0 Å². The number of benzene rings is 1. The van der Waals surface area contributed by atoms with Crippen LogP contribution in [-0.4, -0.2) is 29.7 Å². The minimum absolute atomic E-state index is 0.199. The summed E-state index contributed by atoms with van der Waals surface area (Å²) in [5.74, 6) is 0.471. The molecule has 0 aliphatic heterocycles. The standard InChI is InChI=1S/C15H12N6O2/c22-14-11-13(19-12(18-11)10-6-16-17-7-10)20-15(23)21(14)8-9-4-2-1-3-5-9/h1-7H,8H2,(H,16,17)(H,18,19)(H,20,23). The van der Waals surface area contributed by atoms with Crippen LogP contribution in [0.15, 0.2) is 52.3 Å². The van der Waals surface area contributed by atoms with E-state index in [2.05, 4.69) is 25.1 Å². The molecule has 0 atom stereocenters. The first-order valence-corrected chi connectivity index (χ1v) is 6.98. The first kappa shape index (κ1) is 13.3. The van der Waals surface area contributed by atoms with Crippen molar-refractivity contribution in [3.63, 3.8) is 0 Å². The zero-order valence-electron chi connectivity index (χ0n) is 11.9. The average Bonchev–Trinajstić information content (AvgIpc) is 3.21. The molecule has 3 N–H and O–H groups in total. The molecule has 3 aromatic heterocycles. The summed E-state index contributed by atoms with van der Waals surface area (Å²) in [4.78, 5) is 34.6. The molecule has 0 aliphatic rings. The number of H-pyrrole nitrogens is 3. The van der Waals surface area contributed by atoms with Crippen molar-refractivity contribution >= 4 is 11.2 Å². The van der Waals surface area contributed by atoms with Crippen molar-refractivity contribution in [2.45, 2.75) is 6.54 Å². The molecule has 0 bridgehead atoms. The Balaban J connectivity index is 1.86. The van der Waals surface area contributed by atoms with Gasteiger partial charge in [-0.1, -0.05) is 30.3 Å². The molecule has 8 heteroatoms. The van der Waals surface area contributed by atoms with E-state index in [0.29, 0.717) is 11.4 Å². The van der Waals surface area contributed by atoms with Gasteiger partial charge in [-0.2, -0.15) is 5.10 Å². The van der Waals surface area contributed by atoms with Gasteiger partial charge in [-0.05, 0) is 5.56 Å². The van der Waals surface area contributed by atoms with Crippen LogP contribution in [-0.2, 0) is 6.54 Å². The van der Waals surface area contributed by atoms with E-state index >= 15 is 0 Å². The van der Waals surface area contributed by atoms with Crippen molar-refractivity contribution < 1.29 is 0 Å². The van der Waals surface area contributed by atoms with Gasteiger partial charge in [0.2, 0.25) is 0 Å². The third-order valence-corrected chi connectivity index (χ3v) is 3.59. The van der Waals surface area contributed by atoms with Crippen LogP contribution in [0, 0.1) is 0 Å². The third kappa shape index (κ3) is 2.26. The second-order valence-corrected chi connectivity index (χ2v) is 5.10. The SMILES string of the molecule is O=c1[nH]c2nc(-c3cn[nH]c3)[nH]c2c(=O)n1Cc1ccccc1. The van der Waals surface area contributed by atoms with E-state index in [4.69, 9.17) is 0 Å². The Morgan fingerprint density at radius 2 is 1.91 bits per heavy atom. The smallest absolute Gasteiger partial charge is 0.330 e. The molecule has 23 heavy (non-hydrogen) atoms. The third-order valence-electron chi connectivity index (χ3n) is 3.59. The van der Waals surface area contributed by atoms with Crippen LogP contribution < -0.4 is 11.2 Å². The Hall–Kier alpha value is -3.42. The van der Waals surface area contributed by atoms with Gasteiger partial charge in [0.1, 0.15) is 11.3 Å². The Morgan fingerprint density at radius 1 is 1.09 bits per heavy atom. The summed E-state index contributed by atoms with van der Waals surface area (Å²) in [6, 6.07) is 9.33. The van der Waals surface area contributed by atoms with E-state index in [-0.39, 0.29) is 17.7 Å². The zero-order chi connectivity index (χ0) is 15.8. The molecule has 0 radical (unpaired) electrons. The van der Waals surface area contributed by atoms with Gasteiger partial charge in [-0.25, -0.2) is 9.78 Å². The lowest BCUT2D eigenvalue weighted by atomic mass is 10.2. The van der Waals surface area contributed by atoms with E-state index in [9.17, 15) is 9.59 Å². The number of nitrogens with one attached hydrogen (secondary N) is 3. The summed E-state index contributed by atoms with van der Waals surface area (Å²) < 4.78 is 1.15. The van der Waals surface area contributed by atoms with Crippen LogP contribution >= 0.6 is 0 Å². The number of imidazole rings is 1. The first-order valence-electron chi connectivity index (χ1n) is 6.98. The summed E-state index contributed by atoms with van der Waals surface area (Å²) in [5, 5.41) is 6.52.